The molecule has 0 bridgehead atoms. The topological polar surface area (TPSA) is 97.8 Å². The number of fused-ring (bicyclic) bond motifs is 1. The third kappa shape index (κ3) is 3.65. The van der Waals surface area contributed by atoms with Crippen LogP contribution >= 0.6 is 0 Å². The minimum atomic E-state index is -0.736. The fraction of sp³-hybridized carbons (Fsp3) is 0.389. The molecule has 1 aromatic rings. The Morgan fingerprint density at radius 2 is 1.76 bits per heavy atom. The van der Waals surface area contributed by atoms with Gasteiger partial charge in [-0.05, 0) is 30.9 Å². The minimum Gasteiger partial charge on any atom is -0.393 e. The van der Waals surface area contributed by atoms with Gasteiger partial charge in [-0.3, -0.25) is 24.1 Å². The van der Waals surface area contributed by atoms with Gasteiger partial charge in [0.2, 0.25) is 0 Å². The van der Waals surface area contributed by atoms with Crippen molar-refractivity contribution < 1.29 is 28.7 Å². The summed E-state index contributed by atoms with van der Waals surface area (Å²) in [5.74, 6) is -2.96. The molecule has 0 spiro atoms. The van der Waals surface area contributed by atoms with Crippen molar-refractivity contribution in [2.75, 3.05) is 6.54 Å². The van der Waals surface area contributed by atoms with Gasteiger partial charge in [-0.2, -0.15) is 0 Å². The molecule has 1 aromatic carbocycles. The number of aldehydes is 1. The first-order chi connectivity index (χ1) is 12.0. The SMILES string of the molecule is O=CCC(CC(=O)OC(=O)C1CC1)CN1C(=O)c2ccccc2C1=O. The zero-order valence-electron chi connectivity index (χ0n) is 13.5. The van der Waals surface area contributed by atoms with Crippen LogP contribution in [0.1, 0.15) is 46.4 Å². The van der Waals surface area contributed by atoms with E-state index in [0.717, 1.165) is 17.7 Å². The largest absolute Gasteiger partial charge is 0.393 e. The molecular weight excluding hydrogens is 326 g/mol. The van der Waals surface area contributed by atoms with Crippen LogP contribution in [0.5, 0.6) is 0 Å². The molecule has 2 aliphatic rings. The highest BCUT2D eigenvalue weighted by atomic mass is 16.6. The molecule has 0 N–H and O–H groups in total. The number of hydrogen-bond donors (Lipinski definition) is 0. The monoisotopic (exact) mass is 343 g/mol. The molecule has 1 saturated carbocycles. The average molecular weight is 343 g/mol. The third-order valence-corrected chi connectivity index (χ3v) is 4.33. The number of esters is 2. The van der Waals surface area contributed by atoms with E-state index in [0.29, 0.717) is 17.4 Å². The number of amides is 2. The molecule has 1 aliphatic carbocycles. The lowest BCUT2D eigenvalue weighted by atomic mass is 10.0. The lowest BCUT2D eigenvalue weighted by molar-refractivity contribution is -0.161. The summed E-state index contributed by atoms with van der Waals surface area (Å²) in [5.41, 5.74) is 0.618. The molecule has 3 rings (SSSR count). The number of hydrogen-bond acceptors (Lipinski definition) is 6. The van der Waals surface area contributed by atoms with Gasteiger partial charge in [0.15, 0.2) is 0 Å². The maximum atomic E-state index is 12.4. The van der Waals surface area contributed by atoms with E-state index in [2.05, 4.69) is 0 Å². The van der Waals surface area contributed by atoms with Crippen LogP contribution in [0.3, 0.4) is 0 Å². The molecule has 2 amide bonds. The van der Waals surface area contributed by atoms with E-state index in [4.69, 9.17) is 4.74 Å². The molecule has 0 saturated heterocycles. The fourth-order valence-electron chi connectivity index (χ4n) is 2.81. The Hall–Kier alpha value is -2.83. The predicted octanol–water partition coefficient (Wildman–Crippen LogP) is 1.36. The van der Waals surface area contributed by atoms with Gasteiger partial charge in [0, 0.05) is 13.0 Å². The van der Waals surface area contributed by atoms with Crippen molar-refractivity contribution in [2.24, 2.45) is 11.8 Å². The molecule has 0 radical (unpaired) electrons. The Morgan fingerprint density at radius 3 is 2.28 bits per heavy atom. The van der Waals surface area contributed by atoms with Gasteiger partial charge < -0.3 is 9.53 Å². The minimum absolute atomic E-state index is 0.0138. The lowest BCUT2D eigenvalue weighted by Crippen LogP contribution is -2.35. The molecule has 0 aromatic heterocycles. The van der Waals surface area contributed by atoms with Gasteiger partial charge in [0.1, 0.15) is 6.29 Å². The van der Waals surface area contributed by atoms with Gasteiger partial charge in [-0.1, -0.05) is 12.1 Å². The van der Waals surface area contributed by atoms with Crippen LogP contribution < -0.4 is 0 Å². The molecule has 130 valence electrons. The first-order valence-corrected chi connectivity index (χ1v) is 8.14. The van der Waals surface area contributed by atoms with Crippen molar-refractivity contribution in [2.45, 2.75) is 25.7 Å². The number of benzene rings is 1. The number of imide groups is 1. The first kappa shape index (κ1) is 17.0. The van der Waals surface area contributed by atoms with Crippen LogP contribution in [0.2, 0.25) is 0 Å². The van der Waals surface area contributed by atoms with E-state index in [1.54, 1.807) is 24.3 Å². The van der Waals surface area contributed by atoms with Gasteiger partial charge in [0.25, 0.3) is 11.8 Å². The zero-order valence-corrected chi connectivity index (χ0v) is 13.5. The lowest BCUT2D eigenvalue weighted by Gasteiger charge is -2.20. The summed E-state index contributed by atoms with van der Waals surface area (Å²) in [4.78, 5) is 60.0. The molecule has 7 heteroatoms. The number of carbonyl (C=O) groups is 5. The summed E-state index contributed by atoms with van der Waals surface area (Å²) < 4.78 is 4.75. The third-order valence-electron chi connectivity index (χ3n) is 4.33. The Bertz CT molecular complexity index is 717. The van der Waals surface area contributed by atoms with Crippen LogP contribution in [0.15, 0.2) is 24.3 Å². The summed E-state index contributed by atoms with van der Waals surface area (Å²) in [6.45, 7) is -0.0716. The number of ether oxygens (including phenoxy) is 1. The molecule has 1 unspecified atom stereocenters. The van der Waals surface area contributed by atoms with Gasteiger partial charge >= 0.3 is 11.9 Å². The highest BCUT2D eigenvalue weighted by molar-refractivity contribution is 6.21. The molecule has 1 atom stereocenters. The van der Waals surface area contributed by atoms with Crippen LogP contribution in [0.25, 0.3) is 0 Å². The maximum absolute atomic E-state index is 12.4. The zero-order chi connectivity index (χ0) is 18.0. The van der Waals surface area contributed by atoms with E-state index in [9.17, 15) is 24.0 Å². The van der Waals surface area contributed by atoms with Gasteiger partial charge in [0.05, 0.1) is 23.5 Å². The molecular formula is C18H17NO6. The Labute approximate surface area is 143 Å². The molecule has 1 aliphatic heterocycles. The van der Waals surface area contributed by atoms with Gasteiger partial charge in [-0.25, -0.2) is 0 Å². The normalized spacial score (nSPS) is 17.2. The summed E-state index contributed by atoms with van der Waals surface area (Å²) >= 11 is 0. The van der Waals surface area contributed by atoms with Crippen molar-refractivity contribution in [1.29, 1.82) is 0 Å². The van der Waals surface area contributed by atoms with E-state index >= 15 is 0 Å². The molecule has 7 nitrogen and oxygen atoms in total. The molecule has 25 heavy (non-hydrogen) atoms. The summed E-state index contributed by atoms with van der Waals surface area (Å²) in [7, 11) is 0. The van der Waals surface area contributed by atoms with Crippen LogP contribution in [0.4, 0.5) is 0 Å². The second-order valence-electron chi connectivity index (χ2n) is 6.31. The highest BCUT2D eigenvalue weighted by Gasteiger charge is 2.37. The number of rotatable bonds is 7. The Kier molecular flexibility index (Phi) is 4.74. The smallest absolute Gasteiger partial charge is 0.316 e. The van der Waals surface area contributed by atoms with Crippen molar-refractivity contribution >= 4 is 30.0 Å². The second-order valence-corrected chi connectivity index (χ2v) is 6.31. The molecule has 1 heterocycles. The maximum Gasteiger partial charge on any atom is 0.316 e. The van der Waals surface area contributed by atoms with E-state index < -0.39 is 29.7 Å². The fourth-order valence-corrected chi connectivity index (χ4v) is 2.81. The molecule has 1 fully saturated rings. The highest BCUT2D eigenvalue weighted by Crippen LogP contribution is 2.30. The van der Waals surface area contributed by atoms with E-state index in [-0.39, 0.29) is 25.3 Å². The van der Waals surface area contributed by atoms with Crippen molar-refractivity contribution in [3.63, 3.8) is 0 Å². The Morgan fingerprint density at radius 1 is 1.16 bits per heavy atom. The number of nitrogens with zero attached hydrogens (tertiary/aromatic N) is 1. The predicted molar refractivity (Wildman–Crippen MR) is 84.4 cm³/mol. The van der Waals surface area contributed by atoms with Crippen molar-refractivity contribution in [1.82, 2.24) is 4.90 Å². The summed E-state index contributed by atoms with van der Waals surface area (Å²) in [6.07, 6.45) is 1.85. The van der Waals surface area contributed by atoms with Crippen LogP contribution in [0, 0.1) is 11.8 Å². The van der Waals surface area contributed by atoms with Gasteiger partial charge in [-0.15, -0.1) is 0 Å². The standard InChI is InChI=1S/C18H17NO6/c20-8-7-11(9-15(21)25-18(24)12-5-6-12)10-19-16(22)13-3-1-2-4-14(13)17(19)23/h1-4,8,11-12H,5-7,9-10H2. The first-order valence-electron chi connectivity index (χ1n) is 8.14. The summed E-state index contributed by atoms with van der Waals surface area (Å²) in [5, 5.41) is 0. The average Bonchev–Trinajstić information content (AvgIpc) is 3.40. The Balaban J connectivity index is 1.64. The number of carbonyl (C=O) groups excluding carboxylic acids is 5. The van der Waals surface area contributed by atoms with Crippen LogP contribution in [-0.2, 0) is 19.1 Å². The summed E-state index contributed by atoms with van der Waals surface area (Å²) in [6, 6.07) is 6.45. The van der Waals surface area contributed by atoms with Crippen LogP contribution in [-0.4, -0.2) is 41.5 Å². The van der Waals surface area contributed by atoms with Crippen molar-refractivity contribution in [3.8, 4) is 0 Å². The quantitative estimate of drug-likeness (QED) is 0.321. The van der Waals surface area contributed by atoms with E-state index in [1.807, 2.05) is 0 Å². The second kappa shape index (κ2) is 6.96. The van der Waals surface area contributed by atoms with E-state index in [1.165, 1.54) is 0 Å². The van der Waals surface area contributed by atoms with Crippen molar-refractivity contribution in [3.05, 3.63) is 35.4 Å².